The molecule has 0 amide bonds. The Morgan fingerprint density at radius 2 is 1.96 bits per heavy atom. The largest absolute Gasteiger partial charge is 0.338 e. The first-order chi connectivity index (χ1) is 12.7. The number of nitrogens with zero attached hydrogens (tertiary/aromatic N) is 4. The Hall–Kier alpha value is -2.02. The van der Waals surface area contributed by atoms with Gasteiger partial charge in [0.15, 0.2) is 0 Å². The summed E-state index contributed by atoms with van der Waals surface area (Å²) in [5, 5.41) is 4.16. The summed E-state index contributed by atoms with van der Waals surface area (Å²) in [5.74, 6) is 1.29. The molecule has 1 saturated heterocycles. The first kappa shape index (κ1) is 17.4. The molecule has 0 N–H and O–H groups in total. The molecule has 3 aromatic rings. The zero-order chi connectivity index (χ0) is 17.9. The fourth-order valence-electron chi connectivity index (χ4n) is 3.38. The second-order valence-corrected chi connectivity index (χ2v) is 7.60. The van der Waals surface area contributed by atoms with Crippen molar-refractivity contribution in [2.24, 2.45) is 0 Å². The number of hydrogen-bond donors (Lipinski definition) is 0. The molecule has 1 fully saturated rings. The monoisotopic (exact) mass is 412 g/mol. The van der Waals surface area contributed by atoms with Crippen LogP contribution in [-0.2, 0) is 6.54 Å². The smallest absolute Gasteiger partial charge is 0.241 e. The van der Waals surface area contributed by atoms with E-state index in [-0.39, 0.29) is 0 Å². The lowest BCUT2D eigenvalue weighted by Gasteiger charge is -2.39. The number of halogens is 1. The molecule has 1 unspecified atom stereocenters. The number of piperazine rings is 1. The highest BCUT2D eigenvalue weighted by atomic mass is 79.9. The minimum atomic E-state index is 0.330. The van der Waals surface area contributed by atoms with Gasteiger partial charge >= 0.3 is 0 Å². The van der Waals surface area contributed by atoms with Gasteiger partial charge in [0, 0.05) is 35.7 Å². The second kappa shape index (κ2) is 7.70. The van der Waals surface area contributed by atoms with E-state index in [1.165, 1.54) is 5.56 Å². The number of likely N-dealkylation sites (N-methyl/N-ethyl adjacent to an activating group) is 1. The summed E-state index contributed by atoms with van der Waals surface area (Å²) < 4.78 is 6.55. The minimum Gasteiger partial charge on any atom is -0.338 e. The van der Waals surface area contributed by atoms with Crippen LogP contribution in [0.4, 0.5) is 0 Å². The van der Waals surface area contributed by atoms with Gasteiger partial charge in [-0.3, -0.25) is 4.90 Å². The van der Waals surface area contributed by atoms with Gasteiger partial charge in [0.2, 0.25) is 11.7 Å². The molecule has 2 heterocycles. The van der Waals surface area contributed by atoms with Crippen molar-refractivity contribution in [1.82, 2.24) is 19.9 Å². The molecule has 26 heavy (non-hydrogen) atoms. The molecule has 2 aromatic carbocycles. The van der Waals surface area contributed by atoms with Crippen molar-refractivity contribution in [2.75, 3.05) is 26.7 Å². The summed E-state index contributed by atoms with van der Waals surface area (Å²) in [6.07, 6.45) is 0. The highest BCUT2D eigenvalue weighted by Crippen LogP contribution is 2.27. The first-order valence-corrected chi connectivity index (χ1v) is 9.54. The second-order valence-electron chi connectivity index (χ2n) is 6.68. The van der Waals surface area contributed by atoms with Crippen molar-refractivity contribution in [1.29, 1.82) is 0 Å². The van der Waals surface area contributed by atoms with Gasteiger partial charge in [0.25, 0.3) is 0 Å². The van der Waals surface area contributed by atoms with Crippen LogP contribution in [0.25, 0.3) is 11.4 Å². The van der Waals surface area contributed by atoms with Crippen LogP contribution in [0.5, 0.6) is 0 Å². The van der Waals surface area contributed by atoms with Gasteiger partial charge in [0.05, 0.1) is 6.54 Å². The lowest BCUT2D eigenvalue weighted by molar-refractivity contribution is 0.0737. The molecule has 134 valence electrons. The number of benzene rings is 2. The molecule has 1 aliphatic rings. The molecular weight excluding hydrogens is 392 g/mol. The Labute approximate surface area is 161 Å². The van der Waals surface area contributed by atoms with Crippen LogP contribution >= 0.6 is 15.9 Å². The summed E-state index contributed by atoms with van der Waals surface area (Å²) in [7, 11) is 2.17. The normalized spacial score (nSPS) is 18.9. The Kier molecular flexibility index (Phi) is 5.15. The third kappa shape index (κ3) is 3.87. The number of hydrogen-bond acceptors (Lipinski definition) is 5. The maximum absolute atomic E-state index is 5.54. The predicted octanol–water partition coefficient (Wildman–Crippen LogP) is 3.99. The van der Waals surface area contributed by atoms with Crippen LogP contribution in [0.1, 0.15) is 17.5 Å². The van der Waals surface area contributed by atoms with Gasteiger partial charge in [0.1, 0.15) is 0 Å². The zero-order valence-electron chi connectivity index (χ0n) is 14.7. The van der Waals surface area contributed by atoms with E-state index in [1.54, 1.807) is 0 Å². The van der Waals surface area contributed by atoms with Crippen molar-refractivity contribution in [2.45, 2.75) is 12.6 Å². The average molecular weight is 413 g/mol. The minimum absolute atomic E-state index is 0.330. The molecular formula is C20H21BrN4O. The first-order valence-electron chi connectivity index (χ1n) is 8.75. The number of rotatable bonds is 4. The molecule has 1 aromatic heterocycles. The Balaban J connectivity index is 1.54. The summed E-state index contributed by atoms with van der Waals surface area (Å²) in [5.41, 5.74) is 2.28. The van der Waals surface area contributed by atoms with Gasteiger partial charge in [-0.05, 0) is 24.7 Å². The van der Waals surface area contributed by atoms with Crippen molar-refractivity contribution < 1.29 is 4.52 Å². The molecule has 0 aliphatic carbocycles. The van der Waals surface area contributed by atoms with Crippen molar-refractivity contribution in [3.05, 3.63) is 70.5 Å². The third-order valence-corrected chi connectivity index (χ3v) is 5.26. The summed E-state index contributed by atoms with van der Waals surface area (Å²) in [6.45, 7) is 3.67. The highest BCUT2D eigenvalue weighted by Gasteiger charge is 2.28. The Morgan fingerprint density at radius 3 is 2.77 bits per heavy atom. The van der Waals surface area contributed by atoms with Crippen LogP contribution in [0, 0.1) is 0 Å². The summed E-state index contributed by atoms with van der Waals surface area (Å²) in [6, 6.07) is 18.9. The zero-order valence-corrected chi connectivity index (χ0v) is 16.3. The molecule has 0 radical (unpaired) electrons. The maximum Gasteiger partial charge on any atom is 0.241 e. The standard InChI is InChI=1S/C20H21BrN4O/c1-24-10-11-25(18(13-24)15-6-3-2-4-7-15)14-19-22-20(23-26-19)16-8-5-9-17(21)12-16/h2-9,12,18H,10-11,13-14H2,1H3. The van der Waals surface area contributed by atoms with Gasteiger partial charge in [-0.1, -0.05) is 63.6 Å². The van der Waals surface area contributed by atoms with Crippen LogP contribution in [0.15, 0.2) is 63.6 Å². The van der Waals surface area contributed by atoms with Gasteiger partial charge in [-0.15, -0.1) is 0 Å². The van der Waals surface area contributed by atoms with Crippen molar-refractivity contribution in [3.63, 3.8) is 0 Å². The van der Waals surface area contributed by atoms with Crippen LogP contribution in [-0.4, -0.2) is 46.6 Å². The van der Waals surface area contributed by atoms with E-state index in [2.05, 4.69) is 73.2 Å². The molecule has 0 bridgehead atoms. The van der Waals surface area contributed by atoms with E-state index >= 15 is 0 Å². The van der Waals surface area contributed by atoms with Gasteiger partial charge in [-0.25, -0.2) is 0 Å². The topological polar surface area (TPSA) is 45.4 Å². The third-order valence-electron chi connectivity index (χ3n) is 4.77. The van der Waals surface area contributed by atoms with E-state index in [0.29, 0.717) is 24.3 Å². The van der Waals surface area contributed by atoms with E-state index < -0.39 is 0 Å². The Bertz CT molecular complexity index is 867. The van der Waals surface area contributed by atoms with E-state index in [4.69, 9.17) is 4.52 Å². The highest BCUT2D eigenvalue weighted by molar-refractivity contribution is 9.10. The molecule has 0 saturated carbocycles. The van der Waals surface area contributed by atoms with Crippen molar-refractivity contribution >= 4 is 15.9 Å². The quantitative estimate of drug-likeness (QED) is 0.648. The Morgan fingerprint density at radius 1 is 1.12 bits per heavy atom. The van der Waals surface area contributed by atoms with E-state index in [9.17, 15) is 0 Å². The number of aromatic nitrogens is 2. The molecule has 4 rings (SSSR count). The molecule has 1 atom stereocenters. The predicted molar refractivity (Wildman–Crippen MR) is 105 cm³/mol. The van der Waals surface area contributed by atoms with E-state index in [0.717, 1.165) is 29.7 Å². The molecule has 6 heteroatoms. The average Bonchev–Trinajstić information content (AvgIpc) is 3.13. The molecule has 0 spiro atoms. The van der Waals surface area contributed by atoms with E-state index in [1.807, 2.05) is 24.3 Å². The SMILES string of the molecule is CN1CCN(Cc2nc(-c3cccc(Br)c3)no2)C(c2ccccc2)C1. The van der Waals surface area contributed by atoms with Gasteiger partial charge in [-0.2, -0.15) is 4.98 Å². The fraction of sp³-hybridized carbons (Fsp3) is 0.300. The van der Waals surface area contributed by atoms with Crippen LogP contribution in [0.2, 0.25) is 0 Å². The lowest BCUT2D eigenvalue weighted by Crippen LogP contribution is -2.46. The summed E-state index contributed by atoms with van der Waals surface area (Å²) in [4.78, 5) is 9.40. The molecule has 5 nitrogen and oxygen atoms in total. The fourth-order valence-corrected chi connectivity index (χ4v) is 3.77. The van der Waals surface area contributed by atoms with Gasteiger partial charge < -0.3 is 9.42 Å². The molecule has 1 aliphatic heterocycles. The van der Waals surface area contributed by atoms with Crippen molar-refractivity contribution in [3.8, 4) is 11.4 Å². The lowest BCUT2D eigenvalue weighted by atomic mass is 10.0. The van der Waals surface area contributed by atoms with Crippen LogP contribution < -0.4 is 0 Å². The van der Waals surface area contributed by atoms with Crippen LogP contribution in [0.3, 0.4) is 0 Å². The summed E-state index contributed by atoms with van der Waals surface area (Å²) >= 11 is 3.49. The maximum atomic E-state index is 5.54.